The molecule has 2 aliphatic heterocycles. The van der Waals surface area contributed by atoms with Gasteiger partial charge in [-0.3, -0.25) is 9.48 Å². The number of aromatic nitrogens is 3. The summed E-state index contributed by atoms with van der Waals surface area (Å²) >= 11 is 3.38. The molecule has 1 spiro atoms. The molecular weight excluding hydrogens is 523 g/mol. The van der Waals surface area contributed by atoms with Gasteiger partial charge in [0.1, 0.15) is 10.4 Å². The van der Waals surface area contributed by atoms with Crippen LogP contribution in [-0.4, -0.2) is 56.6 Å². The second kappa shape index (κ2) is 9.12. The van der Waals surface area contributed by atoms with E-state index in [-0.39, 0.29) is 17.4 Å². The summed E-state index contributed by atoms with van der Waals surface area (Å²) in [5.41, 5.74) is 2.82. The molecule has 34 heavy (non-hydrogen) atoms. The van der Waals surface area contributed by atoms with Crippen molar-refractivity contribution in [3.8, 4) is 0 Å². The van der Waals surface area contributed by atoms with Gasteiger partial charge in [0, 0.05) is 35.3 Å². The Morgan fingerprint density at radius 3 is 2.76 bits per heavy atom. The van der Waals surface area contributed by atoms with Crippen LogP contribution in [0.5, 0.6) is 0 Å². The van der Waals surface area contributed by atoms with Gasteiger partial charge in [0.2, 0.25) is 5.91 Å². The average Bonchev–Trinajstić information content (AvgIpc) is 3.08. The number of carbonyl (C=O) groups is 2. The van der Waals surface area contributed by atoms with Crippen LogP contribution in [0.15, 0.2) is 35.7 Å². The van der Waals surface area contributed by atoms with E-state index in [4.69, 9.17) is 14.6 Å². The van der Waals surface area contributed by atoms with Crippen molar-refractivity contribution in [2.45, 2.75) is 44.3 Å². The zero-order valence-electron chi connectivity index (χ0n) is 17.7. The number of aliphatic carboxylic acids is 1. The smallest absolute Gasteiger partial charge is 0.475 e. The summed E-state index contributed by atoms with van der Waals surface area (Å²) in [6.07, 6.45) is 0.663. The Labute approximate surface area is 200 Å². The number of nitrogens with one attached hydrogen (secondary N) is 2. The zero-order chi connectivity index (χ0) is 24.7. The largest absolute Gasteiger partial charge is 0.490 e. The molecule has 2 fully saturated rings. The standard InChI is InChI=1S/C19H20BrN5O2.C2HF3O2/c1-11-8-27-9-12-2-3-16(20)23-17(12)24-18(26)14-4-19(5-15(19)22-14)10-25-7-13(11)6-21-25;3-2(4,5)1(6)7/h2-3,6-7,14-15,22H,1,4-5,8-10H2,(H,23,24,26);(H,6,7)/t14-,15+,19-;/m0./s1. The van der Waals surface area contributed by atoms with Gasteiger partial charge in [0.05, 0.1) is 25.5 Å². The Kier molecular flexibility index (Phi) is 6.53. The minimum absolute atomic E-state index is 0.0474. The number of pyridine rings is 1. The number of hydrogen-bond acceptors (Lipinski definition) is 6. The second-order valence-electron chi connectivity index (χ2n) is 8.50. The first-order chi connectivity index (χ1) is 16.0. The second-order valence-corrected chi connectivity index (χ2v) is 9.31. The quantitative estimate of drug-likeness (QED) is 0.437. The maximum atomic E-state index is 12.8. The van der Waals surface area contributed by atoms with E-state index in [1.165, 1.54) is 0 Å². The number of ether oxygens (including phenoxy) is 1. The number of carboxylic acids is 1. The summed E-state index contributed by atoms with van der Waals surface area (Å²) in [4.78, 5) is 26.1. The fraction of sp³-hybridized carbons (Fsp3) is 0.429. The lowest BCUT2D eigenvalue weighted by Crippen LogP contribution is -2.38. The van der Waals surface area contributed by atoms with E-state index in [0.29, 0.717) is 29.7 Å². The van der Waals surface area contributed by atoms with Crippen LogP contribution in [0.2, 0.25) is 0 Å². The number of alkyl halides is 3. The van der Waals surface area contributed by atoms with E-state index in [9.17, 15) is 18.0 Å². The van der Waals surface area contributed by atoms with Gasteiger partial charge < -0.3 is 20.5 Å². The number of anilines is 1. The van der Waals surface area contributed by atoms with E-state index in [1.54, 1.807) is 0 Å². The number of carbonyl (C=O) groups excluding carboxylic acids is 1. The fourth-order valence-electron chi connectivity index (χ4n) is 4.14. The SMILES string of the molecule is C=C1COCc2ccc(Br)nc2NC(=O)[C@@H]2C[C@]3(C[C@H]3N2)Cn2cc1cn2.O=C(O)C(F)(F)F. The molecule has 4 heterocycles. The first-order valence-corrected chi connectivity index (χ1v) is 11.1. The lowest BCUT2D eigenvalue weighted by molar-refractivity contribution is -0.192. The minimum atomic E-state index is -5.08. The van der Waals surface area contributed by atoms with Crippen molar-refractivity contribution in [2.75, 3.05) is 11.9 Å². The van der Waals surface area contributed by atoms with E-state index >= 15 is 0 Å². The highest BCUT2D eigenvalue weighted by atomic mass is 79.9. The van der Waals surface area contributed by atoms with E-state index in [1.807, 2.05) is 29.2 Å². The molecule has 2 aromatic heterocycles. The molecule has 2 aromatic rings. The van der Waals surface area contributed by atoms with Crippen molar-refractivity contribution >= 4 is 39.2 Å². The molecule has 0 unspecified atom stereocenters. The topological polar surface area (TPSA) is 118 Å². The van der Waals surface area contributed by atoms with Gasteiger partial charge in [0.15, 0.2) is 0 Å². The van der Waals surface area contributed by atoms with Gasteiger partial charge in [-0.2, -0.15) is 18.3 Å². The maximum Gasteiger partial charge on any atom is 0.490 e. The van der Waals surface area contributed by atoms with Gasteiger partial charge >= 0.3 is 12.1 Å². The zero-order valence-corrected chi connectivity index (χ0v) is 19.3. The predicted octanol–water partition coefficient (Wildman–Crippen LogP) is 2.98. The lowest BCUT2D eigenvalue weighted by atomic mass is 9.99. The predicted molar refractivity (Wildman–Crippen MR) is 118 cm³/mol. The minimum Gasteiger partial charge on any atom is -0.475 e. The van der Waals surface area contributed by atoms with Crippen LogP contribution in [0.25, 0.3) is 5.57 Å². The summed E-state index contributed by atoms with van der Waals surface area (Å²) in [6, 6.07) is 3.91. The van der Waals surface area contributed by atoms with Crippen molar-refractivity contribution in [2.24, 2.45) is 5.41 Å². The molecule has 0 aromatic carbocycles. The van der Waals surface area contributed by atoms with Crippen molar-refractivity contribution in [1.29, 1.82) is 0 Å². The molecule has 4 bridgehead atoms. The van der Waals surface area contributed by atoms with Gasteiger partial charge in [-0.15, -0.1) is 0 Å². The highest BCUT2D eigenvalue weighted by Crippen LogP contribution is 2.55. The molecule has 1 amide bonds. The van der Waals surface area contributed by atoms with Crippen molar-refractivity contribution < 1.29 is 32.6 Å². The number of nitrogens with zero attached hydrogens (tertiary/aromatic N) is 3. The summed E-state index contributed by atoms with van der Waals surface area (Å²) in [5, 5.41) is 18.1. The first kappa shape index (κ1) is 24.4. The number of carboxylic acid groups (broad SMARTS) is 1. The number of fused-ring (bicyclic) bond motifs is 4. The van der Waals surface area contributed by atoms with Crippen LogP contribution >= 0.6 is 15.9 Å². The van der Waals surface area contributed by atoms with Crippen LogP contribution < -0.4 is 10.6 Å². The molecule has 3 atom stereocenters. The van der Waals surface area contributed by atoms with E-state index < -0.39 is 12.1 Å². The number of halogens is 4. The Balaban J connectivity index is 0.000000344. The van der Waals surface area contributed by atoms with Crippen LogP contribution in [-0.2, 0) is 27.5 Å². The van der Waals surface area contributed by atoms with Gasteiger partial charge in [-0.05, 0) is 40.4 Å². The molecule has 182 valence electrons. The molecule has 1 aliphatic carbocycles. The molecule has 3 aliphatic rings. The number of hydrogen-bond donors (Lipinski definition) is 3. The number of piperidine rings is 1. The Bertz CT molecular complexity index is 1140. The molecule has 0 radical (unpaired) electrons. The van der Waals surface area contributed by atoms with Crippen LogP contribution in [0, 0.1) is 5.41 Å². The van der Waals surface area contributed by atoms with Gasteiger partial charge in [-0.1, -0.05) is 12.6 Å². The van der Waals surface area contributed by atoms with Crippen LogP contribution in [0.3, 0.4) is 0 Å². The summed E-state index contributed by atoms with van der Waals surface area (Å²) in [6.45, 7) is 5.67. The first-order valence-electron chi connectivity index (χ1n) is 10.3. The molecule has 13 heteroatoms. The summed E-state index contributed by atoms with van der Waals surface area (Å²) in [7, 11) is 0. The van der Waals surface area contributed by atoms with Gasteiger partial charge in [-0.25, -0.2) is 9.78 Å². The third-order valence-corrected chi connectivity index (χ3v) is 6.44. The highest BCUT2D eigenvalue weighted by molar-refractivity contribution is 9.10. The monoisotopic (exact) mass is 543 g/mol. The van der Waals surface area contributed by atoms with E-state index in [0.717, 1.165) is 36.1 Å². The van der Waals surface area contributed by atoms with E-state index in [2.05, 4.69) is 43.2 Å². The average molecular weight is 544 g/mol. The van der Waals surface area contributed by atoms with Crippen LogP contribution in [0.4, 0.5) is 19.0 Å². The normalized spacial score (nSPS) is 26.1. The van der Waals surface area contributed by atoms with Crippen molar-refractivity contribution in [1.82, 2.24) is 20.1 Å². The fourth-order valence-corrected chi connectivity index (χ4v) is 4.45. The van der Waals surface area contributed by atoms with Crippen molar-refractivity contribution in [3.63, 3.8) is 0 Å². The Hall–Kier alpha value is -2.77. The Morgan fingerprint density at radius 2 is 2.06 bits per heavy atom. The summed E-state index contributed by atoms with van der Waals surface area (Å²) < 4.78 is 40.2. The third kappa shape index (κ3) is 5.31. The molecule has 9 nitrogen and oxygen atoms in total. The van der Waals surface area contributed by atoms with Gasteiger partial charge in [0.25, 0.3) is 0 Å². The lowest BCUT2D eigenvalue weighted by Gasteiger charge is -2.17. The Morgan fingerprint density at radius 1 is 1.32 bits per heavy atom. The molecular formula is C21H21BrF3N5O4. The molecule has 5 rings (SSSR count). The third-order valence-electron chi connectivity index (χ3n) is 6.00. The number of rotatable bonds is 0. The van der Waals surface area contributed by atoms with Crippen molar-refractivity contribution in [3.05, 3.63) is 46.8 Å². The summed E-state index contributed by atoms with van der Waals surface area (Å²) in [5.74, 6) is -2.27. The molecule has 3 N–H and O–H groups in total. The number of amides is 1. The maximum absolute atomic E-state index is 12.8. The molecule has 1 saturated carbocycles. The van der Waals surface area contributed by atoms with Crippen LogP contribution in [0.1, 0.15) is 24.0 Å². The highest BCUT2D eigenvalue weighted by Gasteiger charge is 2.61. The molecule has 1 saturated heterocycles.